The molecular weight excluding hydrogens is 1250 g/mol. The van der Waals surface area contributed by atoms with Gasteiger partial charge in [0.05, 0.1) is 38.6 Å². The molecule has 1 amide bonds. The summed E-state index contributed by atoms with van der Waals surface area (Å²) in [6.45, 7) is 1.72. The highest BCUT2D eigenvalue weighted by molar-refractivity contribution is 5.76. The van der Waals surface area contributed by atoms with E-state index in [1.807, 2.05) is 0 Å². The first-order chi connectivity index (χ1) is 47.8. The maximum atomic E-state index is 13.5. The van der Waals surface area contributed by atoms with E-state index in [1.54, 1.807) is 0 Å². The lowest BCUT2D eigenvalue weighted by molar-refractivity contribution is -0.379. The van der Waals surface area contributed by atoms with Crippen LogP contribution < -0.4 is 5.32 Å². The molecule has 3 saturated heterocycles. The highest BCUT2D eigenvalue weighted by Gasteiger charge is 2.54. The minimum absolute atomic E-state index is 0.248. The first kappa shape index (κ1) is 90.0. The van der Waals surface area contributed by atoms with E-state index in [9.17, 15) is 61.0 Å². The van der Waals surface area contributed by atoms with Crippen LogP contribution in [0.25, 0.3) is 0 Å². The average molecular weight is 1400 g/mol. The summed E-state index contributed by atoms with van der Waals surface area (Å²) in [6, 6.07) is -0.895. The summed E-state index contributed by atoms with van der Waals surface area (Å²) in [6.07, 6.45) is 47.7. The largest absolute Gasteiger partial charge is 0.394 e. The van der Waals surface area contributed by atoms with Gasteiger partial charge in [-0.2, -0.15) is 0 Å². The van der Waals surface area contributed by atoms with Crippen LogP contribution in [-0.2, 0) is 33.2 Å². The van der Waals surface area contributed by atoms with Gasteiger partial charge in [-0.3, -0.25) is 4.79 Å². The van der Waals surface area contributed by atoms with E-state index < -0.39 is 124 Å². The van der Waals surface area contributed by atoms with Crippen LogP contribution in [0.4, 0.5) is 0 Å². The van der Waals surface area contributed by atoms with Crippen LogP contribution in [0, 0.1) is 0 Å². The molecule has 98 heavy (non-hydrogen) atoms. The molecule has 0 aliphatic carbocycles. The maximum Gasteiger partial charge on any atom is 0.220 e. The predicted molar refractivity (Wildman–Crippen MR) is 388 cm³/mol. The van der Waals surface area contributed by atoms with Crippen molar-refractivity contribution < 1.29 is 89.4 Å². The topological polar surface area (TPSA) is 307 Å². The molecule has 17 atom stereocenters. The Bertz CT molecular complexity index is 1960. The number of rotatable bonds is 63. The van der Waals surface area contributed by atoms with Crippen LogP contribution in [0.15, 0.2) is 48.6 Å². The molecule has 19 nitrogen and oxygen atoms in total. The number of hydrogen-bond donors (Lipinski definition) is 12. The second kappa shape index (κ2) is 60.1. The van der Waals surface area contributed by atoms with Gasteiger partial charge in [-0.05, 0) is 51.4 Å². The molecular formula is C79H145NO18. The third kappa shape index (κ3) is 40.1. The van der Waals surface area contributed by atoms with Crippen molar-refractivity contribution in [1.29, 1.82) is 0 Å². The Morgan fingerprint density at radius 2 is 0.704 bits per heavy atom. The summed E-state index contributed by atoms with van der Waals surface area (Å²) in [5.74, 6) is -0.248. The number of amides is 1. The zero-order valence-electron chi connectivity index (χ0n) is 61.3. The van der Waals surface area contributed by atoms with Gasteiger partial charge < -0.3 is 89.9 Å². The normalized spacial score (nSPS) is 27.0. The number of aliphatic hydroxyl groups excluding tert-OH is 11. The summed E-state index contributed by atoms with van der Waals surface area (Å²) in [5, 5.41) is 121. The number of carbonyl (C=O) groups excluding carboxylic acids is 1. The summed E-state index contributed by atoms with van der Waals surface area (Å²) in [5.41, 5.74) is 0. The van der Waals surface area contributed by atoms with E-state index in [2.05, 4.69) is 67.8 Å². The lowest BCUT2D eigenvalue weighted by atomic mass is 9.96. The molecule has 19 heteroatoms. The van der Waals surface area contributed by atoms with Gasteiger partial charge in [-0.1, -0.05) is 306 Å². The van der Waals surface area contributed by atoms with E-state index in [1.165, 1.54) is 199 Å². The van der Waals surface area contributed by atoms with Gasteiger partial charge in [0.15, 0.2) is 18.9 Å². The zero-order valence-corrected chi connectivity index (χ0v) is 61.3. The van der Waals surface area contributed by atoms with Crippen LogP contribution in [0.2, 0.25) is 0 Å². The summed E-state index contributed by atoms with van der Waals surface area (Å²) in [7, 11) is 0. The smallest absolute Gasteiger partial charge is 0.220 e. The third-order valence-electron chi connectivity index (χ3n) is 19.9. The zero-order chi connectivity index (χ0) is 71.1. The first-order valence-corrected chi connectivity index (χ1v) is 39.9. The number of allylic oxidation sites excluding steroid dienone is 8. The molecule has 0 radical (unpaired) electrons. The Balaban J connectivity index is 1.36. The Morgan fingerprint density at radius 3 is 1.10 bits per heavy atom. The van der Waals surface area contributed by atoms with E-state index in [-0.39, 0.29) is 18.9 Å². The Labute approximate surface area is 593 Å². The molecule has 0 aromatic carbocycles. The first-order valence-electron chi connectivity index (χ1n) is 39.9. The molecule has 0 bridgehead atoms. The van der Waals surface area contributed by atoms with Crippen molar-refractivity contribution in [2.75, 3.05) is 26.4 Å². The van der Waals surface area contributed by atoms with E-state index in [4.69, 9.17) is 28.4 Å². The maximum absolute atomic E-state index is 13.5. The van der Waals surface area contributed by atoms with Gasteiger partial charge in [-0.15, -0.1) is 0 Å². The number of unbranched alkanes of at least 4 members (excludes halogenated alkanes) is 39. The summed E-state index contributed by atoms with van der Waals surface area (Å²) >= 11 is 0. The molecule has 574 valence electrons. The van der Waals surface area contributed by atoms with Gasteiger partial charge in [0, 0.05) is 6.42 Å². The van der Waals surface area contributed by atoms with E-state index >= 15 is 0 Å². The molecule has 3 rings (SSSR count). The fourth-order valence-electron chi connectivity index (χ4n) is 13.5. The molecule has 3 heterocycles. The van der Waals surface area contributed by atoms with Crippen molar-refractivity contribution >= 4 is 5.91 Å². The van der Waals surface area contributed by atoms with Gasteiger partial charge in [0.2, 0.25) is 5.91 Å². The Morgan fingerprint density at radius 1 is 0.378 bits per heavy atom. The van der Waals surface area contributed by atoms with E-state index in [0.717, 1.165) is 83.5 Å². The molecule has 3 aliphatic heterocycles. The van der Waals surface area contributed by atoms with Gasteiger partial charge >= 0.3 is 0 Å². The van der Waals surface area contributed by atoms with Crippen molar-refractivity contribution in [3.63, 3.8) is 0 Å². The fraction of sp³-hybridized carbons (Fsp3) is 0.886. The quantitative estimate of drug-likeness (QED) is 0.0199. The van der Waals surface area contributed by atoms with Gasteiger partial charge in [0.1, 0.15) is 73.2 Å². The van der Waals surface area contributed by atoms with Crippen molar-refractivity contribution in [2.24, 2.45) is 0 Å². The monoisotopic (exact) mass is 1400 g/mol. The van der Waals surface area contributed by atoms with Crippen LogP contribution >= 0.6 is 0 Å². The lowest BCUT2D eigenvalue weighted by Gasteiger charge is -2.48. The third-order valence-corrected chi connectivity index (χ3v) is 19.9. The predicted octanol–water partition coefficient (Wildman–Crippen LogP) is 12.9. The summed E-state index contributed by atoms with van der Waals surface area (Å²) < 4.78 is 34.5. The highest BCUT2D eigenvalue weighted by Crippen LogP contribution is 2.33. The number of nitrogens with one attached hydrogen (secondary N) is 1. The number of hydrogen-bond acceptors (Lipinski definition) is 18. The number of ether oxygens (including phenoxy) is 6. The van der Waals surface area contributed by atoms with Crippen molar-refractivity contribution in [3.8, 4) is 0 Å². The molecule has 0 aromatic heterocycles. The lowest BCUT2D eigenvalue weighted by Crippen LogP contribution is -2.66. The van der Waals surface area contributed by atoms with Crippen molar-refractivity contribution in [2.45, 2.75) is 420 Å². The molecule has 17 unspecified atom stereocenters. The molecule has 3 aliphatic rings. The molecule has 0 saturated carbocycles. The molecule has 0 spiro atoms. The van der Waals surface area contributed by atoms with Gasteiger partial charge in [0.25, 0.3) is 0 Å². The Hall–Kier alpha value is -2.25. The van der Waals surface area contributed by atoms with Crippen molar-refractivity contribution in [3.05, 3.63) is 48.6 Å². The van der Waals surface area contributed by atoms with Crippen LogP contribution in [0.1, 0.15) is 316 Å². The summed E-state index contributed by atoms with van der Waals surface area (Å²) in [4.78, 5) is 13.5. The molecule has 0 aromatic rings. The van der Waals surface area contributed by atoms with Crippen LogP contribution in [0.5, 0.6) is 0 Å². The second-order valence-corrected chi connectivity index (χ2v) is 28.5. The fourth-order valence-corrected chi connectivity index (χ4v) is 13.5. The van der Waals surface area contributed by atoms with Crippen LogP contribution in [-0.4, -0.2) is 193 Å². The average Bonchev–Trinajstić information content (AvgIpc) is 0.784. The highest BCUT2D eigenvalue weighted by atomic mass is 16.8. The van der Waals surface area contributed by atoms with Crippen molar-refractivity contribution in [1.82, 2.24) is 5.32 Å². The SMILES string of the molecule is CC/C=C\C/C=C\C/C=C\C/C=C\CCCCCCCCCCC(=O)NC(COC1OC(CO)C(OC2OC(CO)C(OC3OC(CO)C(O)C(O)C3O)C(O)C2O)C(O)C1O)C(O)CCCCCCCCCCCCCCCCCCCCCCCCCCCCCCCCCC. The Kier molecular flexibility index (Phi) is 55.1. The minimum atomic E-state index is -1.98. The standard InChI is InChI=1S/C79H145NO18/c1-3-5-7-9-11-13-15-17-19-21-23-25-26-27-28-29-30-31-32-33-34-35-37-38-40-42-44-46-48-50-52-54-56-63(84)62(80-67(85)57-55-53-51-49-47-45-43-41-39-36-24-22-20-18-16-14-12-10-8-6-4-2)61-93-77-73(91)70(88)75(65(59-82)95-77)98-79-74(92)71(89)76(66(60-83)96-79)97-78-72(90)69(87)68(86)64(58-81)94-78/h6,8,12,14,18,20,24,36,62-66,68-79,81-84,86-92H,3-5,7,9-11,13,15-17,19,21-23,25-35,37-61H2,1-2H3,(H,80,85)/b8-6-,14-12-,20-18-,36-24-. The number of aliphatic hydroxyl groups is 11. The molecule has 12 N–H and O–H groups in total. The van der Waals surface area contributed by atoms with Crippen LogP contribution in [0.3, 0.4) is 0 Å². The number of carbonyl (C=O) groups is 1. The second-order valence-electron chi connectivity index (χ2n) is 28.5. The van der Waals surface area contributed by atoms with Gasteiger partial charge in [-0.25, -0.2) is 0 Å². The molecule has 3 fully saturated rings. The minimum Gasteiger partial charge on any atom is -0.394 e. The van der Waals surface area contributed by atoms with E-state index in [0.29, 0.717) is 12.8 Å².